The topological polar surface area (TPSA) is 66.2 Å². The van der Waals surface area contributed by atoms with Crippen LogP contribution in [-0.4, -0.2) is 5.09 Å². The van der Waals surface area contributed by atoms with Crippen LogP contribution in [0.2, 0.25) is 0 Å². The van der Waals surface area contributed by atoms with Crippen LogP contribution in [0.25, 0.3) is 0 Å². The molecule has 0 atom stereocenters. The summed E-state index contributed by atoms with van der Waals surface area (Å²) in [6.45, 7) is 0. The van der Waals surface area contributed by atoms with Gasteiger partial charge in [-0.05, 0) is 0 Å². The van der Waals surface area contributed by atoms with Crippen molar-refractivity contribution >= 4 is 0 Å². The molecule has 0 rings (SSSR count). The zero-order valence-electron chi connectivity index (χ0n) is 2.30. The molecule has 0 aromatic heterocycles. The van der Waals surface area contributed by atoms with E-state index in [-0.39, 0.29) is 33.0 Å². The second-order valence-electron chi connectivity index (χ2n) is 0.224. The molecule has 0 unspecified atom stereocenters. The van der Waals surface area contributed by atoms with E-state index >= 15 is 0 Å². The Morgan fingerprint density at radius 2 is 1.17 bits per heavy atom. The van der Waals surface area contributed by atoms with E-state index in [1.165, 1.54) is 0 Å². The van der Waals surface area contributed by atoms with Crippen molar-refractivity contribution in [2.24, 2.45) is 0 Å². The molecule has 0 aromatic rings. The Bertz CT molecular complexity index is 31.8. The summed E-state index contributed by atoms with van der Waals surface area (Å²) in [6, 6.07) is 0. The zero-order chi connectivity index (χ0) is 3.58. The van der Waals surface area contributed by atoms with Crippen LogP contribution in [0.1, 0.15) is 0 Å². The Hall–Kier alpha value is 0.187. The average Bonchev–Trinajstić information content (AvgIpc) is 0.811. The monoisotopic (exact) mass is 178 g/mol. The molecule has 0 heterocycles. The Morgan fingerprint density at radius 3 is 1.17 bits per heavy atom. The van der Waals surface area contributed by atoms with Gasteiger partial charge in [0, 0.05) is 33.0 Å². The fraction of sp³-hybridized carbons (Fsp3) is 0. The van der Waals surface area contributed by atoms with E-state index in [2.05, 4.69) is 0 Å². The minimum Gasteiger partial charge on any atom is -0.356 e. The van der Waals surface area contributed by atoms with E-state index in [0.29, 0.717) is 0 Å². The van der Waals surface area contributed by atoms with E-state index in [4.69, 9.17) is 15.3 Å². The second-order valence-corrected chi connectivity index (χ2v) is 0.224. The zero-order valence-corrected chi connectivity index (χ0v) is 4.28. The molecule has 44 valence electrons. The minimum atomic E-state index is -1.75. The second kappa shape index (κ2) is 8.95. The summed E-state index contributed by atoms with van der Waals surface area (Å²) in [6.07, 6.45) is 0. The molecule has 0 N–H and O–H groups in total. The molecule has 0 aliphatic carbocycles. The molecule has 0 amide bonds. The summed E-state index contributed by atoms with van der Waals surface area (Å²) in [4.78, 5) is 8.25. The van der Waals surface area contributed by atoms with Crippen molar-refractivity contribution in [2.75, 3.05) is 0 Å². The van der Waals surface area contributed by atoms with Gasteiger partial charge in [-0.2, -0.15) is 0 Å². The van der Waals surface area contributed by atoms with Crippen molar-refractivity contribution in [1.29, 1.82) is 0 Å². The summed E-state index contributed by atoms with van der Waals surface area (Å²) in [5.74, 6) is 0. The van der Waals surface area contributed by atoms with Crippen LogP contribution in [0, 0.1) is 15.3 Å². The SMILES string of the molecule is O=[N+]([O-])[O-].[Ni].[Ni]. The first kappa shape index (κ1) is 16.4. The minimum absolute atomic E-state index is 0. The van der Waals surface area contributed by atoms with Crippen LogP contribution in [-0.2, 0) is 33.0 Å². The van der Waals surface area contributed by atoms with Gasteiger partial charge in [-0.3, -0.25) is 0 Å². The Kier molecular flexibility index (Phi) is 24.5. The molecule has 0 aliphatic heterocycles. The first-order valence-electron chi connectivity index (χ1n) is 0.548. The van der Waals surface area contributed by atoms with Gasteiger partial charge in [0.15, 0.2) is 0 Å². The summed E-state index contributed by atoms with van der Waals surface area (Å²) < 4.78 is 0. The summed E-state index contributed by atoms with van der Waals surface area (Å²) in [5.41, 5.74) is 0. The molecule has 0 saturated carbocycles. The van der Waals surface area contributed by atoms with E-state index in [1.807, 2.05) is 0 Å². The van der Waals surface area contributed by atoms with E-state index < -0.39 is 5.09 Å². The number of hydrogen-bond acceptors (Lipinski definition) is 3. The van der Waals surface area contributed by atoms with Gasteiger partial charge < -0.3 is 15.3 Å². The van der Waals surface area contributed by atoms with Crippen LogP contribution >= 0.6 is 0 Å². The van der Waals surface area contributed by atoms with Gasteiger partial charge in [0.2, 0.25) is 0 Å². The quantitative estimate of drug-likeness (QED) is 0.293. The molecule has 0 radical (unpaired) electrons. The molecule has 4 nitrogen and oxygen atoms in total. The molecule has 0 saturated heterocycles. The standard InChI is InChI=1S/NO3.2Ni/c2-1(3)4;;/q-1;;. The van der Waals surface area contributed by atoms with Crippen LogP contribution in [0.3, 0.4) is 0 Å². The Balaban J connectivity index is -0.0000000450. The molecule has 0 spiro atoms. The molecule has 0 fully saturated rings. The van der Waals surface area contributed by atoms with Crippen molar-refractivity contribution in [3.8, 4) is 0 Å². The Labute approximate surface area is 53.9 Å². The van der Waals surface area contributed by atoms with Crippen molar-refractivity contribution in [2.45, 2.75) is 0 Å². The van der Waals surface area contributed by atoms with Crippen molar-refractivity contribution in [3.05, 3.63) is 15.3 Å². The molecular formula is NNi2O3-. The van der Waals surface area contributed by atoms with Gasteiger partial charge in [-0.15, -0.1) is 0 Å². The fourth-order valence-corrected chi connectivity index (χ4v) is 0. The predicted molar refractivity (Wildman–Crippen MR) is 10.4 cm³/mol. The summed E-state index contributed by atoms with van der Waals surface area (Å²) in [5, 5.41) is 14.8. The molecule has 6 heavy (non-hydrogen) atoms. The van der Waals surface area contributed by atoms with Crippen molar-refractivity contribution in [1.82, 2.24) is 0 Å². The normalized spacial score (nSPS) is 4.00. The third kappa shape index (κ3) is 1220. The maximum Gasteiger partial charge on any atom is 0.0689 e. The summed E-state index contributed by atoms with van der Waals surface area (Å²) in [7, 11) is 0. The summed E-state index contributed by atoms with van der Waals surface area (Å²) >= 11 is 0. The van der Waals surface area contributed by atoms with Gasteiger partial charge in [0.25, 0.3) is 0 Å². The van der Waals surface area contributed by atoms with Crippen molar-refractivity contribution in [3.63, 3.8) is 0 Å². The molecule has 6 heteroatoms. The van der Waals surface area contributed by atoms with E-state index in [1.54, 1.807) is 0 Å². The number of hydrogen-bond donors (Lipinski definition) is 0. The molecule has 0 aromatic carbocycles. The smallest absolute Gasteiger partial charge is 0.0689 e. The average molecular weight is 179 g/mol. The first-order chi connectivity index (χ1) is 1.73. The first-order valence-corrected chi connectivity index (χ1v) is 0.548. The molecule has 0 aliphatic rings. The van der Waals surface area contributed by atoms with E-state index in [9.17, 15) is 0 Å². The number of rotatable bonds is 0. The van der Waals surface area contributed by atoms with Crippen molar-refractivity contribution < 1.29 is 38.1 Å². The molecule has 0 bridgehead atoms. The third-order valence-electron chi connectivity index (χ3n) is 0. The van der Waals surface area contributed by atoms with Gasteiger partial charge in [-0.25, -0.2) is 0 Å². The maximum absolute atomic E-state index is 8.25. The Morgan fingerprint density at radius 1 is 1.17 bits per heavy atom. The van der Waals surface area contributed by atoms with Crippen LogP contribution in [0.5, 0.6) is 0 Å². The van der Waals surface area contributed by atoms with Gasteiger partial charge in [0.1, 0.15) is 0 Å². The van der Waals surface area contributed by atoms with Gasteiger partial charge in [0.05, 0.1) is 5.09 Å². The maximum atomic E-state index is 8.25. The fourth-order valence-electron chi connectivity index (χ4n) is 0. The van der Waals surface area contributed by atoms with E-state index in [0.717, 1.165) is 0 Å². The third-order valence-corrected chi connectivity index (χ3v) is 0. The molecular weight excluding hydrogens is 179 g/mol. The van der Waals surface area contributed by atoms with Crippen LogP contribution in [0.15, 0.2) is 0 Å². The number of nitrogens with zero attached hydrogens (tertiary/aromatic N) is 1. The van der Waals surface area contributed by atoms with Gasteiger partial charge >= 0.3 is 0 Å². The predicted octanol–water partition coefficient (Wildman–Crippen LogP) is -0.244. The van der Waals surface area contributed by atoms with Gasteiger partial charge in [-0.1, -0.05) is 0 Å². The van der Waals surface area contributed by atoms with Crippen LogP contribution in [0.4, 0.5) is 0 Å². The largest absolute Gasteiger partial charge is 0.356 e. The van der Waals surface area contributed by atoms with Crippen LogP contribution < -0.4 is 0 Å².